The fourth-order valence-electron chi connectivity index (χ4n) is 4.29. The molecule has 0 bridgehead atoms. The van der Waals surface area contributed by atoms with E-state index in [0.717, 1.165) is 22.4 Å². The number of hydrogen-bond donors (Lipinski definition) is 1. The highest BCUT2D eigenvalue weighted by molar-refractivity contribution is 6.30. The maximum absolute atomic E-state index is 13.2. The zero-order valence-electron chi connectivity index (χ0n) is 18.5. The number of carboxylic acid groups (broad SMARTS) is 1. The Bertz CT molecular complexity index is 1150. The summed E-state index contributed by atoms with van der Waals surface area (Å²) in [6.07, 6.45) is 1.96. The fourth-order valence-corrected chi connectivity index (χ4v) is 4.42. The number of carbonyl (C=O) groups excluding carboxylic acids is 1. The first-order chi connectivity index (χ1) is 15.8. The Morgan fingerprint density at radius 2 is 1.76 bits per heavy atom. The fraction of sp³-hybridized carbons (Fsp3) is 0.259. The van der Waals surface area contributed by atoms with Crippen LogP contribution in [0.5, 0.6) is 5.75 Å². The normalized spacial score (nSPS) is 16.7. The van der Waals surface area contributed by atoms with Gasteiger partial charge in [-0.05, 0) is 60.4 Å². The molecular formula is C27H26ClNO4. The summed E-state index contributed by atoms with van der Waals surface area (Å²) in [7, 11) is 0. The van der Waals surface area contributed by atoms with Crippen molar-refractivity contribution in [1.82, 2.24) is 4.90 Å². The lowest BCUT2D eigenvalue weighted by atomic mass is 9.91. The summed E-state index contributed by atoms with van der Waals surface area (Å²) in [5, 5.41) is 10.0. The number of aliphatic carboxylic acids is 1. The van der Waals surface area contributed by atoms with Gasteiger partial charge in [0.05, 0.1) is 0 Å². The molecule has 1 atom stereocenters. The minimum atomic E-state index is -1.03. The Labute approximate surface area is 198 Å². The first-order valence-electron chi connectivity index (χ1n) is 10.9. The van der Waals surface area contributed by atoms with Gasteiger partial charge in [0.15, 0.2) is 0 Å². The predicted molar refractivity (Wildman–Crippen MR) is 128 cm³/mol. The van der Waals surface area contributed by atoms with Crippen molar-refractivity contribution in [2.24, 2.45) is 0 Å². The van der Waals surface area contributed by atoms with Gasteiger partial charge in [-0.25, -0.2) is 0 Å². The molecule has 0 aromatic heterocycles. The Morgan fingerprint density at radius 1 is 1.03 bits per heavy atom. The molecule has 3 aromatic carbocycles. The molecule has 5 nitrogen and oxygen atoms in total. The number of amides is 1. The van der Waals surface area contributed by atoms with Crippen LogP contribution in [-0.2, 0) is 24.1 Å². The van der Waals surface area contributed by atoms with Gasteiger partial charge in [-0.1, -0.05) is 54.1 Å². The first kappa shape index (κ1) is 22.9. The smallest absolute Gasteiger partial charge is 0.323 e. The maximum Gasteiger partial charge on any atom is 0.323 e. The molecule has 1 amide bonds. The van der Waals surface area contributed by atoms with Crippen LogP contribution in [0.2, 0.25) is 5.02 Å². The number of benzene rings is 3. The van der Waals surface area contributed by atoms with Crippen LogP contribution in [0.3, 0.4) is 0 Å². The van der Waals surface area contributed by atoms with Crippen LogP contribution in [0, 0.1) is 0 Å². The molecule has 4 rings (SSSR count). The van der Waals surface area contributed by atoms with Crippen LogP contribution in [0.1, 0.15) is 34.0 Å². The maximum atomic E-state index is 13.2. The summed E-state index contributed by atoms with van der Waals surface area (Å²) in [5.74, 6) is -0.559. The largest absolute Gasteiger partial charge is 0.487 e. The van der Waals surface area contributed by atoms with Crippen LogP contribution in [-0.4, -0.2) is 40.6 Å². The van der Waals surface area contributed by atoms with Gasteiger partial charge in [-0.3, -0.25) is 9.59 Å². The molecule has 1 aliphatic rings. The van der Waals surface area contributed by atoms with Gasteiger partial charge in [0.25, 0.3) is 5.91 Å². The Balaban J connectivity index is 1.48. The van der Waals surface area contributed by atoms with Crippen LogP contribution in [0.15, 0.2) is 72.8 Å². The van der Waals surface area contributed by atoms with Gasteiger partial charge in [0.2, 0.25) is 0 Å². The molecule has 0 unspecified atom stereocenters. The number of halogens is 1. The van der Waals surface area contributed by atoms with E-state index in [1.54, 1.807) is 6.07 Å². The Kier molecular flexibility index (Phi) is 6.70. The highest BCUT2D eigenvalue weighted by Crippen LogP contribution is 2.37. The quantitative estimate of drug-likeness (QED) is 0.508. The summed E-state index contributed by atoms with van der Waals surface area (Å²) < 4.78 is 6.24. The minimum Gasteiger partial charge on any atom is -0.487 e. The number of fused-ring (bicyclic) bond motifs is 1. The van der Waals surface area contributed by atoms with E-state index in [2.05, 4.69) is 6.92 Å². The van der Waals surface area contributed by atoms with Crippen molar-refractivity contribution in [2.75, 3.05) is 13.1 Å². The molecule has 6 heteroatoms. The highest BCUT2D eigenvalue weighted by Gasteiger charge is 2.35. The van der Waals surface area contributed by atoms with E-state index >= 15 is 0 Å². The van der Waals surface area contributed by atoms with E-state index in [4.69, 9.17) is 16.3 Å². The van der Waals surface area contributed by atoms with Gasteiger partial charge in [0.1, 0.15) is 17.9 Å². The number of ether oxygens (including phenoxy) is 1. The summed E-state index contributed by atoms with van der Waals surface area (Å²) in [6, 6.07) is 22.8. The zero-order chi connectivity index (χ0) is 23.4. The topological polar surface area (TPSA) is 66.8 Å². The van der Waals surface area contributed by atoms with Gasteiger partial charge in [-0.2, -0.15) is 0 Å². The van der Waals surface area contributed by atoms with Crippen molar-refractivity contribution in [3.05, 3.63) is 100 Å². The summed E-state index contributed by atoms with van der Waals surface area (Å²) in [4.78, 5) is 26.0. The van der Waals surface area contributed by atoms with Crippen molar-refractivity contribution in [1.29, 1.82) is 0 Å². The lowest BCUT2D eigenvalue weighted by Crippen LogP contribution is -2.37. The number of carboxylic acids is 1. The van der Waals surface area contributed by atoms with Crippen molar-refractivity contribution in [3.8, 4) is 5.75 Å². The molecule has 170 valence electrons. The number of carbonyl (C=O) groups is 2. The van der Waals surface area contributed by atoms with Gasteiger partial charge in [-0.15, -0.1) is 0 Å². The van der Waals surface area contributed by atoms with E-state index in [1.807, 2.05) is 66.7 Å². The molecule has 1 heterocycles. The molecular weight excluding hydrogens is 438 g/mol. The van der Waals surface area contributed by atoms with Gasteiger partial charge >= 0.3 is 5.97 Å². The Hall–Kier alpha value is -3.31. The van der Waals surface area contributed by atoms with Crippen molar-refractivity contribution in [3.63, 3.8) is 0 Å². The van der Waals surface area contributed by atoms with E-state index < -0.39 is 11.6 Å². The van der Waals surface area contributed by atoms with E-state index in [0.29, 0.717) is 36.4 Å². The van der Waals surface area contributed by atoms with E-state index in [1.165, 1.54) is 4.90 Å². The molecule has 0 radical (unpaired) electrons. The van der Waals surface area contributed by atoms with Crippen molar-refractivity contribution < 1.29 is 19.4 Å². The molecule has 1 N–H and O–H groups in total. The van der Waals surface area contributed by atoms with Crippen LogP contribution in [0.25, 0.3) is 0 Å². The third-order valence-corrected chi connectivity index (χ3v) is 6.10. The monoisotopic (exact) mass is 463 g/mol. The lowest BCUT2D eigenvalue weighted by molar-refractivity contribution is -0.137. The van der Waals surface area contributed by atoms with E-state index in [9.17, 15) is 14.7 Å². The standard InChI is InChI=1S/C27H26ClNO4/c1-27(16-20-7-10-23(28)11-8-20)17-22-15-21(9-12-24(22)33-27)26(32)29(18-25(30)31)14-13-19-5-3-2-4-6-19/h2-12,15H,13-14,16-18H2,1H3,(H,30,31)/t27-/m0/s1. The van der Waals surface area contributed by atoms with Crippen LogP contribution >= 0.6 is 11.6 Å². The predicted octanol–water partition coefficient (Wildman–Crippen LogP) is 5.05. The SMILES string of the molecule is C[C@]1(Cc2ccc(Cl)cc2)Cc2cc(C(=O)N(CCc3ccccc3)CC(=O)O)ccc2O1. The number of nitrogens with zero attached hydrogens (tertiary/aromatic N) is 1. The molecule has 0 fully saturated rings. The van der Waals surface area contributed by atoms with Crippen LogP contribution in [0.4, 0.5) is 0 Å². The average Bonchev–Trinajstić information content (AvgIpc) is 3.13. The molecule has 0 aliphatic carbocycles. The third-order valence-electron chi connectivity index (χ3n) is 5.85. The molecule has 0 spiro atoms. The minimum absolute atomic E-state index is 0.289. The molecule has 0 saturated heterocycles. The second kappa shape index (κ2) is 9.67. The first-order valence-corrected chi connectivity index (χ1v) is 11.3. The summed E-state index contributed by atoms with van der Waals surface area (Å²) in [6.45, 7) is 2.05. The number of hydrogen-bond acceptors (Lipinski definition) is 3. The van der Waals surface area contributed by atoms with Gasteiger partial charge < -0.3 is 14.7 Å². The van der Waals surface area contributed by atoms with Crippen LogP contribution < -0.4 is 4.74 Å². The molecule has 0 saturated carbocycles. The van der Waals surface area contributed by atoms with Gasteiger partial charge in [0, 0.05) is 30.0 Å². The zero-order valence-corrected chi connectivity index (χ0v) is 19.2. The third kappa shape index (κ3) is 5.74. The van der Waals surface area contributed by atoms with Crippen molar-refractivity contribution >= 4 is 23.5 Å². The average molecular weight is 464 g/mol. The van der Waals surface area contributed by atoms with Crippen molar-refractivity contribution in [2.45, 2.75) is 31.8 Å². The molecule has 33 heavy (non-hydrogen) atoms. The Morgan fingerprint density at radius 3 is 2.45 bits per heavy atom. The summed E-state index contributed by atoms with van der Waals surface area (Å²) in [5.41, 5.74) is 3.19. The second-order valence-corrected chi connectivity index (χ2v) is 9.15. The summed E-state index contributed by atoms with van der Waals surface area (Å²) >= 11 is 5.99. The molecule has 1 aliphatic heterocycles. The highest BCUT2D eigenvalue weighted by atomic mass is 35.5. The van der Waals surface area contributed by atoms with E-state index in [-0.39, 0.29) is 12.5 Å². The second-order valence-electron chi connectivity index (χ2n) is 8.71. The molecule has 3 aromatic rings. The lowest BCUT2D eigenvalue weighted by Gasteiger charge is -2.24. The number of rotatable bonds is 8.